The average Bonchev–Trinajstić information content (AvgIpc) is 3.34. The Labute approximate surface area is 176 Å². The molecule has 0 spiro atoms. The standard InChI is InChI=1S/C24H25N3OS/c1-17-8-3-5-11-22(17)26-24(29)27(16-19-9-7-15-28-19)14-13-20-18(2)25-23-12-6-4-10-21(20)23/h3-12,15,25H,13-14,16H2,1-2H3,(H,26,29). The Kier molecular flexibility index (Phi) is 5.67. The fraction of sp³-hybridized carbons (Fsp3) is 0.208. The number of thiocarbonyl (C=S) groups is 1. The number of benzene rings is 2. The molecule has 148 valence electrons. The second-order valence-corrected chi connectivity index (χ2v) is 7.66. The first-order valence-electron chi connectivity index (χ1n) is 9.82. The van der Waals surface area contributed by atoms with E-state index in [2.05, 4.69) is 65.4 Å². The number of aromatic nitrogens is 1. The van der Waals surface area contributed by atoms with Crippen LogP contribution in [0.25, 0.3) is 10.9 Å². The van der Waals surface area contributed by atoms with Crippen LogP contribution in [0.2, 0.25) is 0 Å². The maximum atomic E-state index is 5.78. The summed E-state index contributed by atoms with van der Waals surface area (Å²) in [5, 5.41) is 5.39. The van der Waals surface area contributed by atoms with Crippen LogP contribution in [0, 0.1) is 13.8 Å². The topological polar surface area (TPSA) is 44.2 Å². The van der Waals surface area contributed by atoms with E-state index < -0.39 is 0 Å². The molecule has 0 fully saturated rings. The molecular formula is C24H25N3OS. The summed E-state index contributed by atoms with van der Waals surface area (Å²) < 4.78 is 5.58. The molecule has 0 aliphatic heterocycles. The van der Waals surface area contributed by atoms with Gasteiger partial charge >= 0.3 is 0 Å². The van der Waals surface area contributed by atoms with E-state index in [1.807, 2.05) is 24.3 Å². The molecule has 2 aromatic heterocycles. The van der Waals surface area contributed by atoms with Crippen molar-refractivity contribution in [3.63, 3.8) is 0 Å². The number of rotatable bonds is 6. The van der Waals surface area contributed by atoms with Crippen molar-refractivity contribution in [2.24, 2.45) is 0 Å². The van der Waals surface area contributed by atoms with Crippen molar-refractivity contribution in [3.8, 4) is 0 Å². The number of furan rings is 1. The molecule has 0 unspecified atom stereocenters. The van der Waals surface area contributed by atoms with Crippen LogP contribution in [0.5, 0.6) is 0 Å². The number of fused-ring (bicyclic) bond motifs is 1. The van der Waals surface area contributed by atoms with Gasteiger partial charge in [-0.1, -0.05) is 36.4 Å². The predicted octanol–water partition coefficient (Wildman–Crippen LogP) is 5.82. The highest BCUT2D eigenvalue weighted by atomic mass is 32.1. The third kappa shape index (κ3) is 4.35. The number of para-hydroxylation sites is 2. The summed E-state index contributed by atoms with van der Waals surface area (Å²) in [6, 6.07) is 20.5. The lowest BCUT2D eigenvalue weighted by Gasteiger charge is -2.25. The molecular weight excluding hydrogens is 378 g/mol. The minimum absolute atomic E-state index is 0.631. The SMILES string of the molecule is Cc1ccccc1NC(=S)N(CCc1c(C)[nH]c2ccccc12)Cc1ccco1. The summed E-state index contributed by atoms with van der Waals surface area (Å²) >= 11 is 5.78. The third-order valence-electron chi connectivity index (χ3n) is 5.26. The number of aryl methyl sites for hydroxylation is 2. The van der Waals surface area contributed by atoms with Crippen LogP contribution in [0.3, 0.4) is 0 Å². The third-order valence-corrected chi connectivity index (χ3v) is 5.62. The molecule has 0 saturated carbocycles. The molecule has 0 aliphatic carbocycles. The molecule has 0 radical (unpaired) electrons. The molecule has 5 heteroatoms. The van der Waals surface area contributed by atoms with E-state index in [0.29, 0.717) is 11.7 Å². The monoisotopic (exact) mass is 403 g/mol. The highest BCUT2D eigenvalue weighted by Crippen LogP contribution is 2.23. The van der Waals surface area contributed by atoms with E-state index in [9.17, 15) is 0 Å². The van der Waals surface area contributed by atoms with Crippen LogP contribution in [-0.4, -0.2) is 21.5 Å². The highest BCUT2D eigenvalue weighted by molar-refractivity contribution is 7.80. The minimum Gasteiger partial charge on any atom is -0.467 e. The second kappa shape index (κ2) is 8.53. The quantitative estimate of drug-likeness (QED) is 0.398. The summed E-state index contributed by atoms with van der Waals surface area (Å²) in [6.45, 7) is 5.64. The van der Waals surface area contributed by atoms with Crippen LogP contribution in [0.4, 0.5) is 5.69 Å². The molecule has 4 rings (SSSR count). The second-order valence-electron chi connectivity index (χ2n) is 7.27. The lowest BCUT2D eigenvalue weighted by atomic mass is 10.1. The zero-order chi connectivity index (χ0) is 20.2. The van der Waals surface area contributed by atoms with Gasteiger partial charge in [-0.05, 0) is 67.9 Å². The number of hydrogen-bond donors (Lipinski definition) is 2. The number of hydrogen-bond acceptors (Lipinski definition) is 2. The number of nitrogens with one attached hydrogen (secondary N) is 2. The molecule has 0 saturated heterocycles. The van der Waals surface area contributed by atoms with Crippen LogP contribution < -0.4 is 5.32 Å². The minimum atomic E-state index is 0.631. The number of aromatic amines is 1. The summed E-state index contributed by atoms with van der Waals surface area (Å²) in [7, 11) is 0. The van der Waals surface area contributed by atoms with Crippen molar-refractivity contribution in [2.45, 2.75) is 26.8 Å². The zero-order valence-corrected chi connectivity index (χ0v) is 17.6. The van der Waals surface area contributed by atoms with Crippen LogP contribution >= 0.6 is 12.2 Å². The average molecular weight is 404 g/mol. The highest BCUT2D eigenvalue weighted by Gasteiger charge is 2.15. The van der Waals surface area contributed by atoms with Gasteiger partial charge in [-0.25, -0.2) is 0 Å². The maximum Gasteiger partial charge on any atom is 0.173 e. The Balaban J connectivity index is 1.54. The Bertz CT molecular complexity index is 1110. The largest absolute Gasteiger partial charge is 0.467 e. The van der Waals surface area contributed by atoms with Crippen LogP contribution in [0.15, 0.2) is 71.3 Å². The number of nitrogens with zero attached hydrogens (tertiary/aromatic N) is 1. The summed E-state index contributed by atoms with van der Waals surface area (Å²) in [5.41, 5.74) is 5.93. The van der Waals surface area contributed by atoms with Gasteiger partial charge in [0.2, 0.25) is 0 Å². The number of H-pyrrole nitrogens is 1. The van der Waals surface area contributed by atoms with E-state index in [0.717, 1.165) is 24.4 Å². The molecule has 2 N–H and O–H groups in total. The number of anilines is 1. The fourth-order valence-electron chi connectivity index (χ4n) is 3.65. The lowest BCUT2D eigenvalue weighted by Crippen LogP contribution is -2.36. The molecule has 2 heterocycles. The van der Waals surface area contributed by atoms with Gasteiger partial charge in [0.25, 0.3) is 0 Å². The van der Waals surface area contributed by atoms with Crippen molar-refractivity contribution < 1.29 is 4.42 Å². The first-order chi connectivity index (χ1) is 14.1. The van der Waals surface area contributed by atoms with E-state index in [1.165, 1.54) is 27.7 Å². The van der Waals surface area contributed by atoms with E-state index in [-0.39, 0.29) is 0 Å². The summed E-state index contributed by atoms with van der Waals surface area (Å²) in [6.07, 6.45) is 2.60. The van der Waals surface area contributed by atoms with Gasteiger partial charge in [-0.2, -0.15) is 0 Å². The van der Waals surface area contributed by atoms with Crippen LogP contribution in [-0.2, 0) is 13.0 Å². The van der Waals surface area contributed by atoms with Gasteiger partial charge in [0.1, 0.15) is 5.76 Å². The van der Waals surface area contributed by atoms with Crippen LogP contribution in [0.1, 0.15) is 22.6 Å². The van der Waals surface area contributed by atoms with Crippen molar-refractivity contribution in [2.75, 3.05) is 11.9 Å². The first kappa shape index (κ1) is 19.3. The molecule has 29 heavy (non-hydrogen) atoms. The summed E-state index contributed by atoms with van der Waals surface area (Å²) in [4.78, 5) is 5.66. The van der Waals surface area contributed by atoms with Gasteiger partial charge in [-0.15, -0.1) is 0 Å². The zero-order valence-electron chi connectivity index (χ0n) is 16.7. The van der Waals surface area contributed by atoms with Crippen molar-refractivity contribution >= 4 is 33.9 Å². The smallest absolute Gasteiger partial charge is 0.173 e. The van der Waals surface area contributed by atoms with Gasteiger partial charge < -0.3 is 19.6 Å². The fourth-order valence-corrected chi connectivity index (χ4v) is 3.92. The van der Waals surface area contributed by atoms with Crippen molar-refractivity contribution in [3.05, 3.63) is 89.5 Å². The van der Waals surface area contributed by atoms with E-state index >= 15 is 0 Å². The van der Waals surface area contributed by atoms with Crippen molar-refractivity contribution in [1.82, 2.24) is 9.88 Å². The molecule has 0 amide bonds. The Morgan fingerprint density at radius 3 is 2.62 bits per heavy atom. The molecule has 0 bridgehead atoms. The Morgan fingerprint density at radius 1 is 1.03 bits per heavy atom. The van der Waals surface area contributed by atoms with Gasteiger partial charge in [-0.3, -0.25) is 0 Å². The molecule has 0 aliphatic rings. The van der Waals surface area contributed by atoms with E-state index in [4.69, 9.17) is 16.6 Å². The van der Waals surface area contributed by atoms with Crippen molar-refractivity contribution in [1.29, 1.82) is 0 Å². The Morgan fingerprint density at radius 2 is 1.83 bits per heavy atom. The van der Waals surface area contributed by atoms with Gasteiger partial charge in [0, 0.05) is 28.8 Å². The van der Waals surface area contributed by atoms with Gasteiger partial charge in [0.05, 0.1) is 12.8 Å². The normalized spacial score (nSPS) is 11.0. The Hall–Kier alpha value is -3.05. The maximum absolute atomic E-state index is 5.78. The molecule has 4 nitrogen and oxygen atoms in total. The predicted molar refractivity (Wildman–Crippen MR) is 123 cm³/mol. The van der Waals surface area contributed by atoms with E-state index in [1.54, 1.807) is 6.26 Å². The first-order valence-corrected chi connectivity index (χ1v) is 10.2. The van der Waals surface area contributed by atoms with Gasteiger partial charge in [0.15, 0.2) is 5.11 Å². The lowest BCUT2D eigenvalue weighted by molar-refractivity contribution is 0.368. The molecule has 2 aromatic carbocycles. The molecule has 4 aromatic rings. The molecule has 0 atom stereocenters. The summed E-state index contributed by atoms with van der Waals surface area (Å²) in [5.74, 6) is 0.898.